The lowest BCUT2D eigenvalue weighted by molar-refractivity contribution is -0.147. The summed E-state index contributed by atoms with van der Waals surface area (Å²) < 4.78 is 5.07. The molecule has 4 rings (SSSR count). The van der Waals surface area contributed by atoms with E-state index in [0.29, 0.717) is 11.3 Å². The van der Waals surface area contributed by atoms with Crippen molar-refractivity contribution in [1.29, 1.82) is 0 Å². The molecule has 0 saturated carbocycles. The first kappa shape index (κ1) is 21.5. The summed E-state index contributed by atoms with van der Waals surface area (Å²) in [6.45, 7) is 3.04. The minimum atomic E-state index is -0.400. The predicted molar refractivity (Wildman–Crippen MR) is 121 cm³/mol. The molecule has 2 heterocycles. The molecule has 1 aliphatic rings. The Bertz CT molecular complexity index is 1040. The van der Waals surface area contributed by atoms with Crippen LogP contribution in [0, 0.1) is 0 Å². The van der Waals surface area contributed by atoms with E-state index in [9.17, 15) is 9.59 Å². The van der Waals surface area contributed by atoms with Gasteiger partial charge in [0.1, 0.15) is 12.4 Å². The normalized spacial score (nSPS) is 15.1. The second-order valence-corrected chi connectivity index (χ2v) is 7.49. The second kappa shape index (κ2) is 10.0. The van der Waals surface area contributed by atoms with Gasteiger partial charge in [0, 0.05) is 49.9 Å². The third-order valence-corrected chi connectivity index (χ3v) is 5.53. The van der Waals surface area contributed by atoms with Gasteiger partial charge in [-0.15, -0.1) is 0 Å². The zero-order valence-electron chi connectivity index (χ0n) is 17.8. The van der Waals surface area contributed by atoms with Crippen molar-refractivity contribution in [1.82, 2.24) is 14.9 Å². The third kappa shape index (κ3) is 4.92. The monoisotopic (exact) mass is 431 g/mol. The first-order chi connectivity index (χ1) is 15.7. The summed E-state index contributed by atoms with van der Waals surface area (Å²) in [5, 5.41) is 2.85. The summed E-state index contributed by atoms with van der Waals surface area (Å²) in [5.74, 6) is -0.490. The number of carbonyl (C=O) groups excluding carboxylic acids is 2. The minimum absolute atomic E-state index is 0.242. The Morgan fingerprint density at radius 3 is 2.22 bits per heavy atom. The number of carbonyl (C=O) groups is 2. The number of ether oxygens (including phenoxy) is 1. The van der Waals surface area contributed by atoms with E-state index < -0.39 is 6.04 Å². The molecule has 0 radical (unpaired) electrons. The van der Waals surface area contributed by atoms with E-state index in [2.05, 4.69) is 25.1 Å². The molecular weight excluding hydrogens is 406 g/mol. The number of rotatable bonds is 6. The van der Waals surface area contributed by atoms with Crippen molar-refractivity contribution in [2.75, 3.05) is 43.5 Å². The molecule has 8 heteroatoms. The van der Waals surface area contributed by atoms with E-state index in [-0.39, 0.29) is 11.9 Å². The number of piperazine rings is 1. The standard InChI is InChI=1S/C24H25N5O3/c1-32-24(31)22(18-5-3-2-4-6-18)29-13-11-28(12-14-29)21-9-7-20(8-10-21)27-23(30)19-15-25-17-26-16-19/h2-10,15-17,22H,11-14H2,1H3,(H,27,30). The number of benzene rings is 2. The maximum atomic E-state index is 12.5. The van der Waals surface area contributed by atoms with Crippen LogP contribution < -0.4 is 10.2 Å². The Balaban J connectivity index is 1.37. The van der Waals surface area contributed by atoms with Gasteiger partial charge in [0.05, 0.1) is 12.7 Å². The Morgan fingerprint density at radius 1 is 0.938 bits per heavy atom. The van der Waals surface area contributed by atoms with Gasteiger partial charge in [0.25, 0.3) is 5.91 Å². The van der Waals surface area contributed by atoms with Crippen LogP contribution in [0.15, 0.2) is 73.3 Å². The summed E-state index contributed by atoms with van der Waals surface area (Å²) in [4.78, 5) is 36.9. The highest BCUT2D eigenvalue weighted by Crippen LogP contribution is 2.26. The zero-order valence-corrected chi connectivity index (χ0v) is 17.8. The molecular formula is C24H25N5O3. The van der Waals surface area contributed by atoms with E-state index in [1.807, 2.05) is 54.6 Å². The number of nitrogens with one attached hydrogen (secondary N) is 1. The van der Waals surface area contributed by atoms with E-state index in [4.69, 9.17) is 4.74 Å². The average Bonchev–Trinajstić information content (AvgIpc) is 2.86. The molecule has 1 N–H and O–H groups in total. The van der Waals surface area contributed by atoms with E-state index in [0.717, 1.165) is 37.4 Å². The highest BCUT2D eigenvalue weighted by Gasteiger charge is 2.31. The number of aromatic nitrogens is 2. The minimum Gasteiger partial charge on any atom is -0.468 e. The molecule has 1 saturated heterocycles. The largest absolute Gasteiger partial charge is 0.468 e. The van der Waals surface area contributed by atoms with Crippen molar-refractivity contribution in [3.63, 3.8) is 0 Å². The topological polar surface area (TPSA) is 87.7 Å². The number of hydrogen-bond donors (Lipinski definition) is 1. The van der Waals surface area contributed by atoms with Crippen LogP contribution in [0.25, 0.3) is 0 Å². The van der Waals surface area contributed by atoms with Gasteiger partial charge < -0.3 is 15.0 Å². The number of amides is 1. The van der Waals surface area contributed by atoms with E-state index in [1.54, 1.807) is 0 Å². The fourth-order valence-corrected chi connectivity index (χ4v) is 3.86. The number of nitrogens with zero attached hydrogens (tertiary/aromatic N) is 4. The molecule has 2 aromatic carbocycles. The highest BCUT2D eigenvalue weighted by molar-refractivity contribution is 6.03. The molecule has 0 aliphatic carbocycles. The molecule has 1 aliphatic heterocycles. The Hall–Kier alpha value is -3.78. The first-order valence-electron chi connectivity index (χ1n) is 10.4. The third-order valence-electron chi connectivity index (χ3n) is 5.53. The van der Waals surface area contributed by atoms with Crippen LogP contribution in [0.4, 0.5) is 11.4 Å². The summed E-state index contributed by atoms with van der Waals surface area (Å²) in [6.07, 6.45) is 4.35. The fourth-order valence-electron chi connectivity index (χ4n) is 3.86. The maximum Gasteiger partial charge on any atom is 0.327 e. The van der Waals surface area contributed by atoms with Gasteiger partial charge in [-0.3, -0.25) is 9.69 Å². The smallest absolute Gasteiger partial charge is 0.327 e. The van der Waals surface area contributed by atoms with Crippen LogP contribution in [0.1, 0.15) is 22.0 Å². The Kier molecular flexibility index (Phi) is 6.72. The van der Waals surface area contributed by atoms with Crippen LogP contribution in [-0.4, -0.2) is 60.0 Å². The van der Waals surface area contributed by atoms with Crippen molar-refractivity contribution >= 4 is 23.3 Å². The van der Waals surface area contributed by atoms with Gasteiger partial charge in [0.15, 0.2) is 0 Å². The fraction of sp³-hybridized carbons (Fsp3) is 0.250. The molecule has 1 fully saturated rings. The van der Waals surface area contributed by atoms with Crippen molar-refractivity contribution in [3.05, 3.63) is 84.4 Å². The number of hydrogen-bond acceptors (Lipinski definition) is 7. The summed E-state index contributed by atoms with van der Waals surface area (Å²) in [6, 6.07) is 17.1. The van der Waals surface area contributed by atoms with Crippen molar-refractivity contribution in [2.45, 2.75) is 6.04 Å². The van der Waals surface area contributed by atoms with Gasteiger partial charge in [-0.05, 0) is 29.8 Å². The summed E-state index contributed by atoms with van der Waals surface area (Å²) in [7, 11) is 1.43. The molecule has 1 aromatic heterocycles. The van der Waals surface area contributed by atoms with Crippen molar-refractivity contribution < 1.29 is 14.3 Å². The van der Waals surface area contributed by atoms with Crippen molar-refractivity contribution in [2.24, 2.45) is 0 Å². The molecule has 3 aromatic rings. The second-order valence-electron chi connectivity index (χ2n) is 7.49. The average molecular weight is 431 g/mol. The van der Waals surface area contributed by atoms with Gasteiger partial charge in [-0.25, -0.2) is 14.8 Å². The lowest BCUT2D eigenvalue weighted by Crippen LogP contribution is -2.49. The summed E-state index contributed by atoms with van der Waals surface area (Å²) in [5.41, 5.74) is 3.12. The molecule has 32 heavy (non-hydrogen) atoms. The van der Waals surface area contributed by atoms with Crippen LogP contribution in [0.2, 0.25) is 0 Å². The van der Waals surface area contributed by atoms with Crippen molar-refractivity contribution in [3.8, 4) is 0 Å². The maximum absolute atomic E-state index is 12.5. The van der Waals surface area contributed by atoms with E-state index in [1.165, 1.54) is 25.8 Å². The Morgan fingerprint density at radius 2 is 1.59 bits per heavy atom. The molecule has 1 atom stereocenters. The molecule has 1 amide bonds. The Labute approximate surface area is 186 Å². The van der Waals surface area contributed by atoms with Gasteiger partial charge >= 0.3 is 5.97 Å². The van der Waals surface area contributed by atoms with Crippen LogP contribution >= 0.6 is 0 Å². The number of methoxy groups -OCH3 is 1. The molecule has 1 unspecified atom stereocenters. The molecule has 0 bridgehead atoms. The van der Waals surface area contributed by atoms with Gasteiger partial charge in [-0.2, -0.15) is 0 Å². The number of esters is 1. The van der Waals surface area contributed by atoms with Crippen LogP contribution in [-0.2, 0) is 9.53 Å². The quantitative estimate of drug-likeness (QED) is 0.601. The molecule has 0 spiro atoms. The van der Waals surface area contributed by atoms with Crippen LogP contribution in [0.3, 0.4) is 0 Å². The zero-order chi connectivity index (χ0) is 22.3. The van der Waals surface area contributed by atoms with Gasteiger partial charge in [-0.1, -0.05) is 30.3 Å². The highest BCUT2D eigenvalue weighted by atomic mass is 16.5. The lowest BCUT2D eigenvalue weighted by Gasteiger charge is -2.39. The molecule has 8 nitrogen and oxygen atoms in total. The lowest BCUT2D eigenvalue weighted by atomic mass is 10.0. The first-order valence-corrected chi connectivity index (χ1v) is 10.4. The number of anilines is 2. The van der Waals surface area contributed by atoms with E-state index >= 15 is 0 Å². The SMILES string of the molecule is COC(=O)C(c1ccccc1)N1CCN(c2ccc(NC(=O)c3cncnc3)cc2)CC1. The predicted octanol–water partition coefficient (Wildman–Crippen LogP) is 2.77. The molecule has 164 valence electrons. The van der Waals surface area contributed by atoms with Crippen LogP contribution in [0.5, 0.6) is 0 Å². The summed E-state index contributed by atoms with van der Waals surface area (Å²) >= 11 is 0. The van der Waals surface area contributed by atoms with Gasteiger partial charge in [0.2, 0.25) is 0 Å².